The van der Waals surface area contributed by atoms with Crippen molar-refractivity contribution in [3.63, 3.8) is 0 Å². The van der Waals surface area contributed by atoms with Crippen LogP contribution in [0.1, 0.15) is 43.4 Å². The molecule has 2 aromatic rings. The van der Waals surface area contributed by atoms with E-state index in [2.05, 4.69) is 21.2 Å². The van der Waals surface area contributed by atoms with Gasteiger partial charge in [0.1, 0.15) is 11.5 Å². The molecule has 0 aliphatic carbocycles. The van der Waals surface area contributed by atoms with Gasteiger partial charge in [-0.3, -0.25) is 4.79 Å². The molecule has 0 spiro atoms. The van der Waals surface area contributed by atoms with Crippen LogP contribution in [-0.4, -0.2) is 35.4 Å². The molecule has 2 aromatic carbocycles. The number of halogens is 2. The summed E-state index contributed by atoms with van der Waals surface area (Å²) in [5.41, 5.74) is 2.83. The highest BCUT2D eigenvalue weighted by molar-refractivity contribution is 9.10. The molecule has 7 heteroatoms. The monoisotopic (exact) mass is 469 g/mol. The second-order valence-corrected chi connectivity index (χ2v) is 8.29. The van der Waals surface area contributed by atoms with Crippen LogP contribution in [0.25, 0.3) is 0 Å². The van der Waals surface area contributed by atoms with E-state index in [4.69, 9.17) is 21.4 Å². The molecule has 3 N–H and O–H groups in total. The lowest BCUT2D eigenvalue weighted by Crippen LogP contribution is -2.38. The Labute approximate surface area is 178 Å². The van der Waals surface area contributed by atoms with Crippen LogP contribution in [0.2, 0.25) is 5.02 Å². The van der Waals surface area contributed by atoms with E-state index in [-0.39, 0.29) is 31.1 Å². The van der Waals surface area contributed by atoms with E-state index in [1.54, 1.807) is 25.1 Å². The number of aliphatic hydroxyl groups excluding tert-OH is 1. The number of phenolic OH excluding ortho intramolecular Hbond substituents is 1. The van der Waals surface area contributed by atoms with Crippen molar-refractivity contribution in [2.45, 2.75) is 39.2 Å². The molecule has 0 aliphatic rings. The summed E-state index contributed by atoms with van der Waals surface area (Å²) >= 11 is 9.98. The topological polar surface area (TPSA) is 78.8 Å². The van der Waals surface area contributed by atoms with Crippen molar-refractivity contribution >= 4 is 33.4 Å². The first-order chi connectivity index (χ1) is 13.2. The molecule has 28 heavy (non-hydrogen) atoms. The van der Waals surface area contributed by atoms with Gasteiger partial charge in [-0.1, -0.05) is 53.5 Å². The summed E-state index contributed by atoms with van der Waals surface area (Å²) in [5.74, 6) is 0.667. The van der Waals surface area contributed by atoms with Crippen molar-refractivity contribution in [2.75, 3.05) is 13.2 Å². The zero-order valence-electron chi connectivity index (χ0n) is 16.1. The standard InChI is InChI=1S/C21H25BrClNO4/c1-12(2)16-6-14(4-5-20(16)26)7-17-18(22)8-15(9-19(17)23)28-11-21(27)24-13(3)10-25/h4-6,8-9,12-13,25-26H,7,10-11H2,1-3H3,(H,24,27). The fourth-order valence-corrected chi connectivity index (χ4v) is 3.69. The fourth-order valence-electron chi connectivity index (χ4n) is 2.72. The lowest BCUT2D eigenvalue weighted by molar-refractivity contribution is -0.124. The Morgan fingerprint density at radius 2 is 1.96 bits per heavy atom. The molecule has 5 nitrogen and oxygen atoms in total. The molecule has 0 bridgehead atoms. The van der Waals surface area contributed by atoms with Gasteiger partial charge in [0, 0.05) is 22.0 Å². The van der Waals surface area contributed by atoms with Crippen LogP contribution in [0.15, 0.2) is 34.8 Å². The van der Waals surface area contributed by atoms with Gasteiger partial charge < -0.3 is 20.3 Å². The average molecular weight is 471 g/mol. The van der Waals surface area contributed by atoms with Gasteiger partial charge in [-0.25, -0.2) is 0 Å². The Bertz CT molecular complexity index is 818. The summed E-state index contributed by atoms with van der Waals surface area (Å²) in [6, 6.07) is 8.69. The molecular formula is C21H25BrClNO4. The van der Waals surface area contributed by atoms with Crippen LogP contribution >= 0.6 is 27.5 Å². The Hall–Kier alpha value is -1.76. The van der Waals surface area contributed by atoms with E-state index in [1.807, 2.05) is 26.0 Å². The van der Waals surface area contributed by atoms with Crippen LogP contribution in [0.5, 0.6) is 11.5 Å². The van der Waals surface area contributed by atoms with Gasteiger partial charge >= 0.3 is 0 Å². The van der Waals surface area contributed by atoms with Gasteiger partial charge in [0.05, 0.1) is 6.61 Å². The van der Waals surface area contributed by atoms with Gasteiger partial charge in [-0.15, -0.1) is 0 Å². The maximum atomic E-state index is 11.8. The van der Waals surface area contributed by atoms with E-state index >= 15 is 0 Å². The first-order valence-electron chi connectivity index (χ1n) is 9.04. The molecule has 0 saturated heterocycles. The van der Waals surface area contributed by atoms with Crippen molar-refractivity contribution in [3.05, 3.63) is 56.5 Å². The van der Waals surface area contributed by atoms with Crippen molar-refractivity contribution in [2.24, 2.45) is 0 Å². The largest absolute Gasteiger partial charge is 0.508 e. The van der Waals surface area contributed by atoms with Gasteiger partial charge in [-0.05, 0) is 47.7 Å². The number of benzene rings is 2. The fraction of sp³-hybridized carbons (Fsp3) is 0.381. The summed E-state index contributed by atoms with van der Waals surface area (Å²) in [7, 11) is 0. The maximum absolute atomic E-state index is 11.8. The zero-order valence-corrected chi connectivity index (χ0v) is 18.5. The first kappa shape index (κ1) is 22.5. The number of amides is 1. The third-order valence-corrected chi connectivity index (χ3v) is 5.31. The molecule has 0 radical (unpaired) electrons. The number of aliphatic hydroxyl groups is 1. The number of ether oxygens (including phenoxy) is 1. The molecular weight excluding hydrogens is 446 g/mol. The van der Waals surface area contributed by atoms with Gasteiger partial charge in [-0.2, -0.15) is 0 Å². The Kier molecular flexibility index (Phi) is 8.16. The predicted molar refractivity (Wildman–Crippen MR) is 114 cm³/mol. The van der Waals surface area contributed by atoms with Crippen LogP contribution in [0, 0.1) is 0 Å². The minimum Gasteiger partial charge on any atom is -0.508 e. The average Bonchev–Trinajstić information content (AvgIpc) is 2.63. The lowest BCUT2D eigenvalue weighted by atomic mass is 9.96. The summed E-state index contributed by atoms with van der Waals surface area (Å²) in [6.45, 7) is 5.47. The molecule has 0 aliphatic heterocycles. The highest BCUT2D eigenvalue weighted by Crippen LogP contribution is 2.34. The number of hydrogen-bond acceptors (Lipinski definition) is 4. The summed E-state index contributed by atoms with van der Waals surface area (Å²) < 4.78 is 6.28. The molecule has 0 fully saturated rings. The smallest absolute Gasteiger partial charge is 0.258 e. The number of aromatic hydroxyl groups is 1. The first-order valence-corrected chi connectivity index (χ1v) is 10.2. The summed E-state index contributed by atoms with van der Waals surface area (Å²) in [5, 5.41) is 22.1. The van der Waals surface area contributed by atoms with E-state index < -0.39 is 0 Å². The van der Waals surface area contributed by atoms with Crippen LogP contribution in [-0.2, 0) is 11.2 Å². The molecule has 1 amide bonds. The molecule has 0 aromatic heterocycles. The van der Waals surface area contributed by atoms with Crippen molar-refractivity contribution in [1.82, 2.24) is 5.32 Å². The Morgan fingerprint density at radius 1 is 1.25 bits per heavy atom. The van der Waals surface area contributed by atoms with E-state index in [9.17, 15) is 9.90 Å². The second-order valence-electron chi connectivity index (χ2n) is 7.03. The Balaban J connectivity index is 2.12. The minimum atomic E-state index is -0.324. The molecule has 0 heterocycles. The number of rotatable bonds is 8. The van der Waals surface area contributed by atoms with E-state index in [1.165, 1.54) is 0 Å². The number of nitrogens with one attached hydrogen (secondary N) is 1. The molecule has 152 valence electrons. The number of phenols is 1. The van der Waals surface area contributed by atoms with Gasteiger partial charge in [0.15, 0.2) is 6.61 Å². The number of hydrogen-bond donors (Lipinski definition) is 3. The van der Waals surface area contributed by atoms with Crippen LogP contribution < -0.4 is 10.1 Å². The van der Waals surface area contributed by atoms with Crippen LogP contribution in [0.4, 0.5) is 0 Å². The minimum absolute atomic E-state index is 0.131. The van der Waals surface area contributed by atoms with Crippen molar-refractivity contribution in [1.29, 1.82) is 0 Å². The van der Waals surface area contributed by atoms with Gasteiger partial charge in [0.2, 0.25) is 0 Å². The van der Waals surface area contributed by atoms with Crippen LogP contribution in [0.3, 0.4) is 0 Å². The normalized spacial score (nSPS) is 12.1. The van der Waals surface area contributed by atoms with Crippen molar-refractivity contribution in [3.8, 4) is 11.5 Å². The molecule has 1 unspecified atom stereocenters. The highest BCUT2D eigenvalue weighted by atomic mass is 79.9. The molecule has 2 rings (SSSR count). The van der Waals surface area contributed by atoms with Gasteiger partial charge in [0.25, 0.3) is 5.91 Å². The lowest BCUT2D eigenvalue weighted by Gasteiger charge is -2.15. The third kappa shape index (κ3) is 6.12. The zero-order chi connectivity index (χ0) is 20.8. The quantitative estimate of drug-likeness (QED) is 0.534. The highest BCUT2D eigenvalue weighted by Gasteiger charge is 2.13. The molecule has 1 atom stereocenters. The predicted octanol–water partition coefficient (Wildman–Crippen LogP) is 4.40. The SMILES string of the molecule is CC(CO)NC(=O)COc1cc(Cl)c(Cc2ccc(O)c(C(C)C)c2)c(Br)c1. The van der Waals surface area contributed by atoms with E-state index in [0.717, 1.165) is 21.2 Å². The summed E-state index contributed by atoms with van der Waals surface area (Å²) in [4.78, 5) is 11.8. The van der Waals surface area contributed by atoms with E-state index in [0.29, 0.717) is 22.9 Å². The Morgan fingerprint density at radius 3 is 2.57 bits per heavy atom. The number of carbonyl (C=O) groups excluding carboxylic acids is 1. The third-order valence-electron chi connectivity index (χ3n) is 4.26. The second kappa shape index (κ2) is 10.1. The van der Waals surface area contributed by atoms with Crippen molar-refractivity contribution < 1.29 is 19.7 Å². The maximum Gasteiger partial charge on any atom is 0.258 e. The molecule has 0 saturated carbocycles. The number of carbonyl (C=O) groups is 1. The summed E-state index contributed by atoms with van der Waals surface area (Å²) in [6.07, 6.45) is 0.591.